The number of fused-ring (bicyclic) bond motifs is 2. The van der Waals surface area contributed by atoms with Gasteiger partial charge in [-0.1, -0.05) is 38.1 Å². The van der Waals surface area contributed by atoms with Crippen molar-refractivity contribution in [3.63, 3.8) is 0 Å². The Morgan fingerprint density at radius 2 is 2.07 bits per heavy atom. The van der Waals surface area contributed by atoms with Gasteiger partial charge in [0.15, 0.2) is 0 Å². The van der Waals surface area contributed by atoms with Crippen LogP contribution in [-0.2, 0) is 5.41 Å². The van der Waals surface area contributed by atoms with Crippen molar-refractivity contribution in [1.82, 2.24) is 10.2 Å². The number of hydrogen-bond donors (Lipinski definition) is 1. The fraction of sp³-hybridized carbons (Fsp3) is 0.522. The number of hydrogen-bond acceptors (Lipinski definition) is 3. The van der Waals surface area contributed by atoms with E-state index in [1.807, 2.05) is 0 Å². The van der Waals surface area contributed by atoms with Gasteiger partial charge in [-0.25, -0.2) is 0 Å². The van der Waals surface area contributed by atoms with E-state index in [4.69, 9.17) is 4.42 Å². The van der Waals surface area contributed by atoms with Gasteiger partial charge < -0.3 is 14.6 Å². The summed E-state index contributed by atoms with van der Waals surface area (Å²) in [4.78, 5) is 15.2. The lowest BCUT2D eigenvalue weighted by Gasteiger charge is -2.40. The molecule has 2 aromatic rings. The molecule has 0 saturated carbocycles. The van der Waals surface area contributed by atoms with E-state index in [0.29, 0.717) is 5.56 Å². The van der Waals surface area contributed by atoms with Gasteiger partial charge in [-0.05, 0) is 68.4 Å². The molecule has 0 unspecified atom stereocenters. The molecule has 4 heteroatoms. The Balaban J connectivity index is 0.00000225. The Labute approximate surface area is 163 Å². The van der Waals surface area contributed by atoms with Gasteiger partial charge in [0.05, 0.1) is 17.9 Å². The summed E-state index contributed by atoms with van der Waals surface area (Å²) in [6, 6.07) is 10.5. The summed E-state index contributed by atoms with van der Waals surface area (Å²) < 4.78 is 5.06. The summed E-state index contributed by atoms with van der Waals surface area (Å²) in [7, 11) is 0. The van der Waals surface area contributed by atoms with E-state index in [0.717, 1.165) is 25.4 Å². The molecule has 1 aromatic heterocycles. The van der Waals surface area contributed by atoms with Crippen LogP contribution < -0.4 is 5.32 Å². The molecular weight excluding hydrogens is 336 g/mol. The van der Waals surface area contributed by atoms with Gasteiger partial charge in [0.25, 0.3) is 5.91 Å². The summed E-state index contributed by atoms with van der Waals surface area (Å²) in [5, 5.41) is 3.25. The number of likely N-dealkylation sites (tertiary alicyclic amines) is 1. The van der Waals surface area contributed by atoms with E-state index in [1.54, 1.807) is 12.3 Å². The zero-order valence-electron chi connectivity index (χ0n) is 16.4. The van der Waals surface area contributed by atoms with Crippen LogP contribution in [0.2, 0.25) is 0 Å². The zero-order valence-corrected chi connectivity index (χ0v) is 16.4. The van der Waals surface area contributed by atoms with Crippen LogP contribution in [0.15, 0.2) is 47.3 Å². The van der Waals surface area contributed by atoms with Crippen LogP contribution in [-0.4, -0.2) is 30.4 Å². The summed E-state index contributed by atoms with van der Waals surface area (Å²) in [5.41, 5.74) is 3.55. The van der Waals surface area contributed by atoms with Gasteiger partial charge in [0.1, 0.15) is 6.26 Å². The van der Waals surface area contributed by atoms with Crippen molar-refractivity contribution in [2.75, 3.05) is 19.6 Å². The van der Waals surface area contributed by atoms with Crippen molar-refractivity contribution < 1.29 is 10.6 Å². The third kappa shape index (κ3) is 3.68. The molecule has 4 rings (SSSR count). The number of rotatable bonds is 5. The number of piperidine rings is 1. The highest BCUT2D eigenvalue weighted by Crippen LogP contribution is 2.50. The molecule has 1 spiro atoms. The average molecular weight is 369 g/mol. The predicted octanol–water partition coefficient (Wildman–Crippen LogP) is 4.78. The van der Waals surface area contributed by atoms with Crippen molar-refractivity contribution >= 4 is 5.91 Å². The normalized spacial score (nSPS) is 21.5. The minimum atomic E-state index is -0.0463. The molecule has 1 aliphatic heterocycles. The molecule has 0 radical (unpaired) electrons. The smallest absolute Gasteiger partial charge is 0.255 e. The van der Waals surface area contributed by atoms with Gasteiger partial charge in [0, 0.05) is 6.84 Å². The molecular formula is C23H32N2O2. The quantitative estimate of drug-likeness (QED) is 0.826. The fourth-order valence-corrected chi connectivity index (χ4v) is 4.78. The third-order valence-corrected chi connectivity index (χ3v) is 6.43. The van der Waals surface area contributed by atoms with Crippen molar-refractivity contribution in [3.05, 3.63) is 59.5 Å². The summed E-state index contributed by atoms with van der Waals surface area (Å²) in [6.45, 7) is 8.11. The first-order valence-corrected chi connectivity index (χ1v) is 10.2. The van der Waals surface area contributed by atoms with Crippen LogP contribution in [0.4, 0.5) is 0 Å². The van der Waals surface area contributed by atoms with Crippen molar-refractivity contribution in [2.24, 2.45) is 5.92 Å². The predicted molar refractivity (Wildman–Crippen MR) is 109 cm³/mol. The second-order valence-electron chi connectivity index (χ2n) is 8.63. The largest absolute Gasteiger partial charge is 0.472 e. The number of benzene rings is 1. The highest BCUT2D eigenvalue weighted by atomic mass is 16.3. The minimum Gasteiger partial charge on any atom is -0.472 e. The molecule has 1 amide bonds. The maximum absolute atomic E-state index is 12.6. The zero-order chi connectivity index (χ0) is 18.9. The Bertz CT molecular complexity index is 780. The molecule has 146 valence electrons. The second-order valence-corrected chi connectivity index (χ2v) is 8.63. The SMILES string of the molecule is CC(C)CCN1CCC2(CC1)C[C@H](NC(=O)c1ccoc1)c1ccccc12.[HH]. The number of carbonyl (C=O) groups is 1. The monoisotopic (exact) mass is 368 g/mol. The molecule has 1 atom stereocenters. The van der Waals surface area contributed by atoms with E-state index >= 15 is 0 Å². The third-order valence-electron chi connectivity index (χ3n) is 6.43. The molecule has 1 N–H and O–H groups in total. The van der Waals surface area contributed by atoms with E-state index in [-0.39, 0.29) is 18.8 Å². The van der Waals surface area contributed by atoms with E-state index in [9.17, 15) is 4.79 Å². The van der Waals surface area contributed by atoms with E-state index in [2.05, 4.69) is 48.3 Å². The van der Waals surface area contributed by atoms with Crippen molar-refractivity contribution in [2.45, 2.75) is 51.0 Å². The first kappa shape index (κ1) is 18.3. The number of carbonyl (C=O) groups excluding carboxylic acids is 1. The van der Waals surface area contributed by atoms with Gasteiger partial charge in [0.2, 0.25) is 0 Å². The summed E-state index contributed by atoms with van der Waals surface area (Å²) in [6.07, 6.45) is 7.70. The number of nitrogens with one attached hydrogen (secondary N) is 1. The number of amides is 1. The number of furan rings is 1. The molecule has 1 fully saturated rings. The van der Waals surface area contributed by atoms with E-state index < -0.39 is 0 Å². The van der Waals surface area contributed by atoms with Crippen LogP contribution in [0.5, 0.6) is 0 Å². The van der Waals surface area contributed by atoms with Crippen molar-refractivity contribution in [3.8, 4) is 0 Å². The molecule has 2 aliphatic rings. The molecule has 27 heavy (non-hydrogen) atoms. The summed E-state index contributed by atoms with van der Waals surface area (Å²) >= 11 is 0. The maximum Gasteiger partial charge on any atom is 0.255 e. The first-order valence-electron chi connectivity index (χ1n) is 10.2. The Hall–Kier alpha value is -2.07. The van der Waals surface area contributed by atoms with Crippen LogP contribution in [0, 0.1) is 5.92 Å². The van der Waals surface area contributed by atoms with Gasteiger partial charge in [-0.15, -0.1) is 0 Å². The Kier molecular flexibility index (Phi) is 5.09. The Morgan fingerprint density at radius 1 is 1.30 bits per heavy atom. The van der Waals surface area contributed by atoms with Gasteiger partial charge >= 0.3 is 0 Å². The standard InChI is InChI=1S/C23H30N2O2.H2/c1-17(2)7-11-25-12-9-23(10-13-25)15-21(19-5-3-4-6-20(19)23)24-22(26)18-8-14-27-16-18;/h3-6,8,14,16-17,21H,7,9-13,15H2,1-2H3,(H,24,26);1H/t21-;/m0./s1. The maximum atomic E-state index is 12.6. The lowest BCUT2D eigenvalue weighted by atomic mass is 9.73. The molecule has 1 aromatic carbocycles. The van der Waals surface area contributed by atoms with Crippen molar-refractivity contribution in [1.29, 1.82) is 0 Å². The summed E-state index contributed by atoms with van der Waals surface area (Å²) in [5.74, 6) is 0.713. The van der Waals surface area contributed by atoms with Crippen LogP contribution in [0.25, 0.3) is 0 Å². The highest BCUT2D eigenvalue weighted by Gasteiger charge is 2.45. The first-order chi connectivity index (χ1) is 13.1. The lowest BCUT2D eigenvalue weighted by molar-refractivity contribution is 0.0924. The van der Waals surface area contributed by atoms with Crippen LogP contribution >= 0.6 is 0 Å². The average Bonchev–Trinajstić information content (AvgIpc) is 3.30. The topological polar surface area (TPSA) is 45.5 Å². The van der Waals surface area contributed by atoms with Gasteiger partial charge in [-0.2, -0.15) is 0 Å². The molecule has 4 nitrogen and oxygen atoms in total. The lowest BCUT2D eigenvalue weighted by Crippen LogP contribution is -2.42. The highest BCUT2D eigenvalue weighted by molar-refractivity contribution is 5.94. The minimum absolute atomic E-state index is 0. The Morgan fingerprint density at radius 3 is 2.78 bits per heavy atom. The molecule has 0 bridgehead atoms. The second kappa shape index (κ2) is 7.51. The fourth-order valence-electron chi connectivity index (χ4n) is 4.78. The molecule has 1 saturated heterocycles. The van der Waals surface area contributed by atoms with E-state index in [1.165, 1.54) is 43.2 Å². The molecule has 1 aliphatic carbocycles. The van der Waals surface area contributed by atoms with Crippen LogP contribution in [0.1, 0.15) is 68.5 Å². The van der Waals surface area contributed by atoms with Crippen LogP contribution in [0.3, 0.4) is 0 Å². The van der Waals surface area contributed by atoms with Gasteiger partial charge in [-0.3, -0.25) is 4.79 Å². The number of nitrogens with zero attached hydrogens (tertiary/aromatic N) is 1. The molecule has 2 heterocycles.